The van der Waals surface area contributed by atoms with Crippen molar-refractivity contribution in [2.45, 2.75) is 51.4 Å². The predicted octanol–water partition coefficient (Wildman–Crippen LogP) is 6.52. The summed E-state index contributed by atoms with van der Waals surface area (Å²) in [7, 11) is 0. The second-order valence-electron chi connectivity index (χ2n) is 8.98. The van der Waals surface area contributed by atoms with Crippen LogP contribution in [-0.2, 0) is 9.53 Å². The molecule has 4 nitrogen and oxygen atoms in total. The molecule has 2 N–H and O–H groups in total. The summed E-state index contributed by atoms with van der Waals surface area (Å²) in [5, 5.41) is 15.8. The number of carboxylic acids is 1. The van der Waals surface area contributed by atoms with E-state index in [4.69, 9.17) is 16.3 Å². The van der Waals surface area contributed by atoms with E-state index in [0.717, 1.165) is 20.7 Å². The molecule has 0 amide bonds. The third kappa shape index (κ3) is 4.16. The molecule has 2 heterocycles. The SMILES string of the molecule is CC1Nc2sc3ccccc3c2C(c2ccc(Cl)cc2F)C1[C@H](OC(C)(C)C)C(=O)O. The molecule has 3 aromatic rings. The monoisotopic (exact) mass is 461 g/mol. The highest BCUT2D eigenvalue weighted by molar-refractivity contribution is 7.23. The number of nitrogens with one attached hydrogen (secondary N) is 1. The zero-order valence-electron chi connectivity index (χ0n) is 17.8. The molecule has 0 fully saturated rings. The van der Waals surface area contributed by atoms with Crippen LogP contribution in [-0.4, -0.2) is 28.8 Å². The van der Waals surface area contributed by atoms with Crippen LogP contribution in [0.2, 0.25) is 5.02 Å². The number of thiophene rings is 1. The molecule has 1 aromatic heterocycles. The van der Waals surface area contributed by atoms with Gasteiger partial charge in [-0.25, -0.2) is 9.18 Å². The number of rotatable bonds is 4. The first-order chi connectivity index (χ1) is 14.6. The highest BCUT2D eigenvalue weighted by Gasteiger charge is 2.47. The summed E-state index contributed by atoms with van der Waals surface area (Å²) in [6.45, 7) is 7.41. The molecule has 164 valence electrons. The first kappa shape index (κ1) is 22.1. The van der Waals surface area contributed by atoms with E-state index < -0.39 is 35.3 Å². The summed E-state index contributed by atoms with van der Waals surface area (Å²) >= 11 is 7.62. The van der Waals surface area contributed by atoms with Gasteiger partial charge in [0.1, 0.15) is 5.82 Å². The number of ether oxygens (including phenoxy) is 1. The fourth-order valence-electron chi connectivity index (χ4n) is 4.49. The second-order valence-corrected chi connectivity index (χ2v) is 10.5. The summed E-state index contributed by atoms with van der Waals surface area (Å²) in [4.78, 5) is 12.4. The Balaban J connectivity index is 1.98. The molecule has 0 saturated carbocycles. The van der Waals surface area contributed by atoms with Crippen molar-refractivity contribution in [2.75, 3.05) is 5.32 Å². The molecular weight excluding hydrogens is 437 g/mol. The van der Waals surface area contributed by atoms with E-state index in [-0.39, 0.29) is 6.04 Å². The van der Waals surface area contributed by atoms with Crippen LogP contribution >= 0.6 is 22.9 Å². The fraction of sp³-hybridized carbons (Fsp3) is 0.375. The van der Waals surface area contributed by atoms with Gasteiger partial charge in [-0.1, -0.05) is 35.9 Å². The fourth-order valence-corrected chi connectivity index (χ4v) is 5.90. The van der Waals surface area contributed by atoms with Crippen molar-refractivity contribution < 1.29 is 19.0 Å². The van der Waals surface area contributed by atoms with Gasteiger partial charge in [-0.2, -0.15) is 0 Å². The number of fused-ring (bicyclic) bond motifs is 3. The Labute approximate surface area is 190 Å². The van der Waals surface area contributed by atoms with E-state index in [2.05, 4.69) is 5.32 Å². The van der Waals surface area contributed by atoms with Gasteiger partial charge in [-0.05, 0) is 56.8 Å². The molecule has 1 aliphatic heterocycles. The summed E-state index contributed by atoms with van der Waals surface area (Å²) < 4.78 is 22.4. The molecule has 2 aromatic carbocycles. The van der Waals surface area contributed by atoms with Crippen LogP contribution in [0.5, 0.6) is 0 Å². The number of hydrogen-bond acceptors (Lipinski definition) is 4. The van der Waals surface area contributed by atoms with Crippen molar-refractivity contribution >= 4 is 44.0 Å². The van der Waals surface area contributed by atoms with Crippen molar-refractivity contribution in [3.8, 4) is 0 Å². The highest BCUT2D eigenvalue weighted by Crippen LogP contribution is 2.52. The van der Waals surface area contributed by atoms with Crippen molar-refractivity contribution in [2.24, 2.45) is 5.92 Å². The maximum absolute atomic E-state index is 15.2. The molecule has 31 heavy (non-hydrogen) atoms. The Kier molecular flexibility index (Phi) is 5.75. The molecule has 1 aliphatic rings. The van der Waals surface area contributed by atoms with Gasteiger partial charge < -0.3 is 15.2 Å². The van der Waals surface area contributed by atoms with Crippen LogP contribution in [0.1, 0.15) is 44.7 Å². The van der Waals surface area contributed by atoms with E-state index in [0.29, 0.717) is 10.6 Å². The first-order valence-corrected chi connectivity index (χ1v) is 11.4. The maximum Gasteiger partial charge on any atom is 0.333 e. The molecule has 4 atom stereocenters. The van der Waals surface area contributed by atoms with Crippen molar-refractivity contribution in [3.05, 3.63) is 64.4 Å². The van der Waals surface area contributed by atoms with Crippen molar-refractivity contribution in [1.82, 2.24) is 0 Å². The van der Waals surface area contributed by atoms with Gasteiger partial charge in [0.05, 0.1) is 10.6 Å². The number of benzene rings is 2. The highest BCUT2D eigenvalue weighted by atomic mass is 35.5. The minimum atomic E-state index is -1.13. The number of halogens is 2. The van der Waals surface area contributed by atoms with Crippen molar-refractivity contribution in [3.63, 3.8) is 0 Å². The lowest BCUT2D eigenvalue weighted by molar-refractivity contribution is -0.167. The number of hydrogen-bond donors (Lipinski definition) is 2. The van der Waals surface area contributed by atoms with Crippen LogP contribution in [0.15, 0.2) is 42.5 Å². The second kappa shape index (κ2) is 8.08. The smallest absolute Gasteiger partial charge is 0.333 e. The normalized spacial score (nSPS) is 22.1. The maximum atomic E-state index is 15.2. The molecular formula is C24H25ClFNO3S. The molecule has 0 radical (unpaired) electrons. The van der Waals surface area contributed by atoms with Gasteiger partial charge >= 0.3 is 5.97 Å². The topological polar surface area (TPSA) is 58.6 Å². The zero-order chi connectivity index (χ0) is 22.5. The molecule has 0 saturated heterocycles. The van der Waals surface area contributed by atoms with E-state index in [9.17, 15) is 9.90 Å². The van der Waals surface area contributed by atoms with E-state index >= 15 is 4.39 Å². The minimum Gasteiger partial charge on any atom is -0.479 e. The Morgan fingerprint density at radius 2 is 1.97 bits per heavy atom. The summed E-state index contributed by atoms with van der Waals surface area (Å²) in [6.07, 6.45) is -1.13. The summed E-state index contributed by atoms with van der Waals surface area (Å²) in [5.74, 6) is -2.56. The molecule has 7 heteroatoms. The van der Waals surface area contributed by atoms with Crippen LogP contribution in [0.4, 0.5) is 9.39 Å². The first-order valence-electron chi connectivity index (χ1n) is 10.2. The van der Waals surface area contributed by atoms with Gasteiger partial charge in [0.15, 0.2) is 6.10 Å². The lowest BCUT2D eigenvalue weighted by atomic mass is 9.71. The summed E-state index contributed by atoms with van der Waals surface area (Å²) in [6, 6.07) is 12.3. The number of anilines is 1. The van der Waals surface area contributed by atoms with E-state index in [1.165, 1.54) is 6.07 Å². The van der Waals surface area contributed by atoms with Gasteiger partial charge in [-0.15, -0.1) is 11.3 Å². The van der Waals surface area contributed by atoms with Crippen LogP contribution < -0.4 is 5.32 Å². The minimum absolute atomic E-state index is 0.260. The van der Waals surface area contributed by atoms with Crippen LogP contribution in [0.25, 0.3) is 10.1 Å². The van der Waals surface area contributed by atoms with Crippen LogP contribution in [0.3, 0.4) is 0 Å². The number of aliphatic carboxylic acids is 1. The predicted molar refractivity (Wildman–Crippen MR) is 124 cm³/mol. The molecule has 0 aliphatic carbocycles. The lowest BCUT2D eigenvalue weighted by Gasteiger charge is -2.42. The van der Waals surface area contributed by atoms with E-state index in [1.807, 2.05) is 52.0 Å². The van der Waals surface area contributed by atoms with Gasteiger partial charge in [-0.3, -0.25) is 0 Å². The number of carboxylic acid groups (broad SMARTS) is 1. The van der Waals surface area contributed by atoms with Gasteiger partial charge in [0.25, 0.3) is 0 Å². The molecule has 0 bridgehead atoms. The van der Waals surface area contributed by atoms with Crippen LogP contribution in [0, 0.1) is 11.7 Å². The lowest BCUT2D eigenvalue weighted by Crippen LogP contribution is -2.49. The average Bonchev–Trinajstić information content (AvgIpc) is 3.02. The van der Waals surface area contributed by atoms with E-state index in [1.54, 1.807) is 23.5 Å². The Morgan fingerprint density at radius 1 is 1.26 bits per heavy atom. The average molecular weight is 462 g/mol. The Hall–Kier alpha value is -2.15. The Morgan fingerprint density at radius 3 is 2.61 bits per heavy atom. The third-order valence-corrected chi connectivity index (χ3v) is 6.99. The molecule has 4 rings (SSSR count). The summed E-state index contributed by atoms with van der Waals surface area (Å²) in [5.41, 5.74) is 0.660. The van der Waals surface area contributed by atoms with Gasteiger partial charge in [0.2, 0.25) is 0 Å². The largest absolute Gasteiger partial charge is 0.479 e. The zero-order valence-corrected chi connectivity index (χ0v) is 19.4. The standard InChI is InChI=1S/C24H25ClFNO3S/c1-12-18(21(23(28)29)30-24(2,3)4)19(14-10-9-13(25)11-16(14)26)20-15-7-5-6-8-17(15)31-22(20)27-12/h5-12,18-19,21,27H,1-4H3,(H,28,29)/t12?,18?,19?,21-/m0/s1. The number of carbonyl (C=O) groups is 1. The van der Waals surface area contributed by atoms with Crippen molar-refractivity contribution in [1.29, 1.82) is 0 Å². The third-order valence-electron chi connectivity index (χ3n) is 5.64. The molecule has 3 unspecified atom stereocenters. The Bertz CT molecular complexity index is 1140. The molecule has 0 spiro atoms. The quantitative estimate of drug-likeness (QED) is 0.464. The van der Waals surface area contributed by atoms with Gasteiger partial charge in [0, 0.05) is 33.2 Å².